The van der Waals surface area contributed by atoms with Crippen LogP contribution in [0.3, 0.4) is 0 Å². The molecule has 2 aromatic rings. The van der Waals surface area contributed by atoms with Crippen LogP contribution in [-0.4, -0.2) is 6.54 Å². The van der Waals surface area contributed by atoms with Gasteiger partial charge in [0.05, 0.1) is 0 Å². The summed E-state index contributed by atoms with van der Waals surface area (Å²) in [5.74, 6) is -1.13. The Morgan fingerprint density at radius 3 is 2.29 bits per heavy atom. The Bertz CT molecular complexity index is 569. The third-order valence-corrected chi connectivity index (χ3v) is 3.84. The van der Waals surface area contributed by atoms with E-state index < -0.39 is 11.6 Å². The molecule has 2 aromatic carbocycles. The molecule has 21 heavy (non-hydrogen) atoms. The Morgan fingerprint density at radius 2 is 1.62 bits per heavy atom. The van der Waals surface area contributed by atoms with Crippen LogP contribution in [0.25, 0.3) is 0 Å². The van der Waals surface area contributed by atoms with Gasteiger partial charge in [-0.25, -0.2) is 8.78 Å². The van der Waals surface area contributed by atoms with Crippen LogP contribution < -0.4 is 5.32 Å². The van der Waals surface area contributed by atoms with E-state index in [1.54, 1.807) is 6.07 Å². The second-order valence-corrected chi connectivity index (χ2v) is 5.45. The molecule has 1 N–H and O–H groups in total. The van der Waals surface area contributed by atoms with E-state index in [9.17, 15) is 8.78 Å². The predicted octanol–water partition coefficient (Wildman–Crippen LogP) is 4.81. The van der Waals surface area contributed by atoms with Gasteiger partial charge < -0.3 is 5.32 Å². The maximum atomic E-state index is 13.2. The van der Waals surface area contributed by atoms with E-state index in [0.717, 1.165) is 18.5 Å². The molecule has 0 spiro atoms. The van der Waals surface area contributed by atoms with Gasteiger partial charge in [0, 0.05) is 6.04 Å². The average molecular weight is 289 g/mol. The van der Waals surface area contributed by atoms with Crippen molar-refractivity contribution in [1.29, 1.82) is 0 Å². The Kier molecular flexibility index (Phi) is 5.45. The molecule has 112 valence electrons. The summed E-state index contributed by atoms with van der Waals surface area (Å²) in [5, 5.41) is 3.36. The van der Waals surface area contributed by atoms with Crippen molar-refractivity contribution in [3.8, 4) is 0 Å². The van der Waals surface area contributed by atoms with Crippen molar-refractivity contribution in [1.82, 2.24) is 5.32 Å². The predicted molar refractivity (Wildman–Crippen MR) is 82.2 cm³/mol. The largest absolute Gasteiger partial charge is 0.310 e. The monoisotopic (exact) mass is 289 g/mol. The van der Waals surface area contributed by atoms with Gasteiger partial charge >= 0.3 is 0 Å². The molecule has 1 nitrogen and oxygen atoms in total. The Morgan fingerprint density at radius 1 is 0.905 bits per heavy atom. The summed E-state index contributed by atoms with van der Waals surface area (Å²) in [6.07, 6.45) is 0.998. The summed E-state index contributed by atoms with van der Waals surface area (Å²) in [4.78, 5) is 0. The third-order valence-electron chi connectivity index (χ3n) is 3.84. The minimum atomic E-state index is -0.802. The number of halogens is 2. The number of hydrogen-bond acceptors (Lipinski definition) is 1. The number of hydrogen-bond donors (Lipinski definition) is 1. The highest BCUT2D eigenvalue weighted by atomic mass is 19.2. The molecule has 0 heterocycles. The minimum Gasteiger partial charge on any atom is -0.310 e. The van der Waals surface area contributed by atoms with E-state index in [1.165, 1.54) is 17.7 Å². The van der Waals surface area contributed by atoms with Crippen LogP contribution in [0.4, 0.5) is 8.78 Å². The molecule has 2 rings (SSSR count). The quantitative estimate of drug-likeness (QED) is 0.804. The minimum absolute atomic E-state index is 0.00285. The summed E-state index contributed by atoms with van der Waals surface area (Å²) < 4.78 is 26.1. The third kappa shape index (κ3) is 4.36. The normalized spacial score (nSPS) is 13.9. The number of rotatable bonds is 6. The maximum Gasteiger partial charge on any atom is 0.159 e. The van der Waals surface area contributed by atoms with Crippen molar-refractivity contribution >= 4 is 0 Å². The first-order valence-electron chi connectivity index (χ1n) is 7.31. The highest BCUT2D eigenvalue weighted by molar-refractivity contribution is 5.21. The SMILES string of the molecule is CC(CCNC(C)c1ccc(F)c(F)c1)c1ccccc1. The van der Waals surface area contributed by atoms with Crippen molar-refractivity contribution in [2.24, 2.45) is 0 Å². The van der Waals surface area contributed by atoms with Gasteiger partial charge in [-0.2, -0.15) is 0 Å². The van der Waals surface area contributed by atoms with Crippen LogP contribution >= 0.6 is 0 Å². The molecular formula is C18H21F2N. The van der Waals surface area contributed by atoms with Gasteiger partial charge in [-0.3, -0.25) is 0 Å². The average Bonchev–Trinajstić information content (AvgIpc) is 2.50. The summed E-state index contributed by atoms with van der Waals surface area (Å²) in [6, 6.07) is 14.4. The molecule has 0 radical (unpaired) electrons. The Labute approximate surface area is 125 Å². The molecule has 2 atom stereocenters. The summed E-state index contributed by atoms with van der Waals surface area (Å²) in [7, 11) is 0. The van der Waals surface area contributed by atoms with Gasteiger partial charge in [-0.05, 0) is 49.1 Å². The lowest BCUT2D eigenvalue weighted by molar-refractivity contribution is 0.496. The van der Waals surface area contributed by atoms with Crippen molar-refractivity contribution in [3.63, 3.8) is 0 Å². The first-order chi connectivity index (χ1) is 10.1. The van der Waals surface area contributed by atoms with Gasteiger partial charge in [0.25, 0.3) is 0 Å². The zero-order chi connectivity index (χ0) is 15.2. The molecule has 0 fully saturated rings. The zero-order valence-corrected chi connectivity index (χ0v) is 12.4. The van der Waals surface area contributed by atoms with E-state index in [1.807, 2.05) is 25.1 Å². The molecule has 0 aliphatic carbocycles. The lowest BCUT2D eigenvalue weighted by Crippen LogP contribution is -2.21. The van der Waals surface area contributed by atoms with Crippen LogP contribution in [0.15, 0.2) is 48.5 Å². The molecule has 0 saturated heterocycles. The van der Waals surface area contributed by atoms with Gasteiger partial charge in [-0.1, -0.05) is 43.3 Å². The molecule has 0 aliphatic rings. The summed E-state index contributed by atoms with van der Waals surface area (Å²) >= 11 is 0. The molecule has 3 heteroatoms. The van der Waals surface area contributed by atoms with Crippen molar-refractivity contribution in [2.45, 2.75) is 32.2 Å². The molecule has 0 aromatic heterocycles. The van der Waals surface area contributed by atoms with Crippen LogP contribution in [0.5, 0.6) is 0 Å². The molecule has 0 saturated carbocycles. The fourth-order valence-electron chi connectivity index (χ4n) is 2.36. The highest BCUT2D eigenvalue weighted by Gasteiger charge is 2.10. The second-order valence-electron chi connectivity index (χ2n) is 5.45. The molecular weight excluding hydrogens is 268 g/mol. The molecule has 2 unspecified atom stereocenters. The summed E-state index contributed by atoms with van der Waals surface area (Å²) in [5.41, 5.74) is 2.08. The van der Waals surface area contributed by atoms with Crippen LogP contribution in [0.2, 0.25) is 0 Å². The van der Waals surface area contributed by atoms with E-state index in [0.29, 0.717) is 5.92 Å². The maximum absolute atomic E-state index is 13.2. The number of nitrogens with one attached hydrogen (secondary N) is 1. The van der Waals surface area contributed by atoms with E-state index >= 15 is 0 Å². The lowest BCUT2D eigenvalue weighted by atomic mass is 9.97. The van der Waals surface area contributed by atoms with Gasteiger partial charge in [0.1, 0.15) is 0 Å². The van der Waals surface area contributed by atoms with Gasteiger partial charge in [0.15, 0.2) is 11.6 Å². The van der Waals surface area contributed by atoms with E-state index in [2.05, 4.69) is 24.4 Å². The van der Waals surface area contributed by atoms with Gasteiger partial charge in [-0.15, -0.1) is 0 Å². The van der Waals surface area contributed by atoms with E-state index in [4.69, 9.17) is 0 Å². The summed E-state index contributed by atoms with van der Waals surface area (Å²) in [6.45, 7) is 4.98. The fourth-order valence-corrected chi connectivity index (χ4v) is 2.36. The zero-order valence-electron chi connectivity index (χ0n) is 12.4. The van der Waals surface area contributed by atoms with Crippen molar-refractivity contribution in [2.75, 3.05) is 6.54 Å². The second kappa shape index (κ2) is 7.32. The fraction of sp³-hybridized carbons (Fsp3) is 0.333. The van der Waals surface area contributed by atoms with Crippen molar-refractivity contribution in [3.05, 3.63) is 71.3 Å². The highest BCUT2D eigenvalue weighted by Crippen LogP contribution is 2.19. The van der Waals surface area contributed by atoms with Gasteiger partial charge in [0.2, 0.25) is 0 Å². The Hall–Kier alpha value is -1.74. The van der Waals surface area contributed by atoms with Crippen molar-refractivity contribution < 1.29 is 8.78 Å². The number of benzene rings is 2. The standard InChI is InChI=1S/C18H21F2N/c1-13(15-6-4-3-5-7-15)10-11-21-14(2)16-8-9-17(19)18(20)12-16/h3-9,12-14,21H,10-11H2,1-2H3. The van der Waals surface area contributed by atoms with Crippen LogP contribution in [0.1, 0.15) is 43.4 Å². The molecule has 0 aliphatic heterocycles. The Balaban J connectivity index is 1.84. The van der Waals surface area contributed by atoms with Crippen LogP contribution in [0, 0.1) is 11.6 Å². The van der Waals surface area contributed by atoms with Crippen LogP contribution in [-0.2, 0) is 0 Å². The molecule has 0 bridgehead atoms. The van der Waals surface area contributed by atoms with E-state index in [-0.39, 0.29) is 6.04 Å². The topological polar surface area (TPSA) is 12.0 Å². The first-order valence-corrected chi connectivity index (χ1v) is 7.31. The first kappa shape index (κ1) is 15.6. The lowest BCUT2D eigenvalue weighted by Gasteiger charge is -2.17. The molecule has 0 amide bonds. The smallest absolute Gasteiger partial charge is 0.159 e.